The van der Waals surface area contributed by atoms with E-state index in [1.54, 1.807) is 10.7 Å². The van der Waals surface area contributed by atoms with Gasteiger partial charge in [0.05, 0.1) is 6.20 Å². The molecule has 16 heavy (non-hydrogen) atoms. The summed E-state index contributed by atoms with van der Waals surface area (Å²) in [4.78, 5) is 15.4. The Labute approximate surface area is 93.9 Å². The number of pyridine rings is 1. The number of hydrogen-bond donors (Lipinski definition) is 0. The molecule has 0 radical (unpaired) electrons. The van der Waals surface area contributed by atoms with Gasteiger partial charge in [-0.2, -0.15) is 5.10 Å². The highest BCUT2D eigenvalue weighted by Crippen LogP contribution is 2.07. The lowest BCUT2D eigenvalue weighted by Crippen LogP contribution is -2.03. The Morgan fingerprint density at radius 1 is 1.44 bits per heavy atom. The van der Waals surface area contributed by atoms with Gasteiger partial charge in [0.25, 0.3) is 0 Å². The van der Waals surface area contributed by atoms with Gasteiger partial charge >= 0.3 is 0 Å². The van der Waals surface area contributed by atoms with Crippen LogP contribution in [0.25, 0.3) is 5.82 Å². The molecule has 0 spiro atoms. The van der Waals surface area contributed by atoms with Crippen LogP contribution >= 0.6 is 0 Å². The van der Waals surface area contributed by atoms with Gasteiger partial charge in [-0.15, -0.1) is 0 Å². The van der Waals surface area contributed by atoms with Crippen LogP contribution in [0.1, 0.15) is 29.9 Å². The van der Waals surface area contributed by atoms with E-state index < -0.39 is 0 Å². The highest BCUT2D eigenvalue weighted by Gasteiger charge is 2.04. The summed E-state index contributed by atoms with van der Waals surface area (Å²) in [6, 6.07) is 5.35. The number of carbonyl (C=O) groups is 1. The molecule has 0 atom stereocenters. The van der Waals surface area contributed by atoms with Crippen LogP contribution in [-0.2, 0) is 6.42 Å². The summed E-state index contributed by atoms with van der Waals surface area (Å²) in [5, 5.41) is 4.20. The Kier molecular flexibility index (Phi) is 2.81. The van der Waals surface area contributed by atoms with Gasteiger partial charge in [-0.25, -0.2) is 9.67 Å². The molecule has 0 saturated carbocycles. The van der Waals surface area contributed by atoms with Gasteiger partial charge in [-0.05, 0) is 24.1 Å². The fourth-order valence-electron chi connectivity index (χ4n) is 1.41. The van der Waals surface area contributed by atoms with Crippen LogP contribution in [0, 0.1) is 0 Å². The summed E-state index contributed by atoms with van der Waals surface area (Å²) in [5.41, 5.74) is 1.61. The maximum atomic E-state index is 11.2. The molecule has 0 saturated heterocycles. The smallest absolute Gasteiger partial charge is 0.178 e. The van der Waals surface area contributed by atoms with Gasteiger partial charge < -0.3 is 0 Å². The van der Waals surface area contributed by atoms with Gasteiger partial charge in [-0.1, -0.05) is 13.0 Å². The molecule has 2 rings (SSSR count). The summed E-state index contributed by atoms with van der Waals surface area (Å²) in [7, 11) is 0. The lowest BCUT2D eigenvalue weighted by Gasteiger charge is -2.01. The maximum Gasteiger partial charge on any atom is 0.178 e. The zero-order valence-electron chi connectivity index (χ0n) is 9.34. The van der Waals surface area contributed by atoms with E-state index in [1.807, 2.05) is 24.5 Å². The van der Waals surface area contributed by atoms with Crippen LogP contribution in [-0.4, -0.2) is 20.5 Å². The average Bonchev–Trinajstić information content (AvgIpc) is 2.77. The van der Waals surface area contributed by atoms with E-state index in [0.717, 1.165) is 12.0 Å². The van der Waals surface area contributed by atoms with Crippen molar-refractivity contribution in [2.24, 2.45) is 0 Å². The van der Waals surface area contributed by atoms with Gasteiger partial charge in [0, 0.05) is 13.1 Å². The van der Waals surface area contributed by atoms with Crippen LogP contribution in [0.4, 0.5) is 0 Å². The molecule has 82 valence electrons. The van der Waals surface area contributed by atoms with Crippen molar-refractivity contribution in [3.05, 3.63) is 41.9 Å². The van der Waals surface area contributed by atoms with E-state index in [0.29, 0.717) is 11.5 Å². The van der Waals surface area contributed by atoms with Crippen molar-refractivity contribution < 1.29 is 4.79 Å². The number of rotatable bonds is 3. The minimum absolute atomic E-state index is 0.0373. The van der Waals surface area contributed by atoms with Crippen LogP contribution in [0.2, 0.25) is 0 Å². The molecule has 0 aliphatic heterocycles. The predicted octanol–water partition coefficient (Wildman–Crippen LogP) is 2.03. The van der Waals surface area contributed by atoms with Crippen LogP contribution < -0.4 is 0 Å². The van der Waals surface area contributed by atoms with Crippen molar-refractivity contribution in [3.63, 3.8) is 0 Å². The second kappa shape index (κ2) is 4.26. The highest BCUT2D eigenvalue weighted by molar-refractivity contribution is 5.92. The first-order valence-corrected chi connectivity index (χ1v) is 5.22. The molecule has 0 aliphatic rings. The van der Waals surface area contributed by atoms with Crippen molar-refractivity contribution >= 4 is 5.78 Å². The van der Waals surface area contributed by atoms with Gasteiger partial charge in [0.1, 0.15) is 5.69 Å². The van der Waals surface area contributed by atoms with E-state index in [9.17, 15) is 4.79 Å². The highest BCUT2D eigenvalue weighted by atomic mass is 16.1. The minimum Gasteiger partial charge on any atom is -0.293 e. The van der Waals surface area contributed by atoms with Crippen molar-refractivity contribution in [1.29, 1.82) is 0 Å². The molecule has 0 N–H and O–H groups in total. The maximum absolute atomic E-state index is 11.2. The molecule has 0 unspecified atom stereocenters. The monoisotopic (exact) mass is 215 g/mol. The van der Waals surface area contributed by atoms with Crippen molar-refractivity contribution in [2.45, 2.75) is 20.3 Å². The first-order valence-electron chi connectivity index (χ1n) is 5.22. The van der Waals surface area contributed by atoms with E-state index in [2.05, 4.69) is 17.0 Å². The Bertz CT molecular complexity index is 516. The Balaban J connectivity index is 2.40. The van der Waals surface area contributed by atoms with Gasteiger partial charge in [-0.3, -0.25) is 4.79 Å². The van der Waals surface area contributed by atoms with Crippen molar-refractivity contribution in [3.8, 4) is 5.82 Å². The number of hydrogen-bond acceptors (Lipinski definition) is 3. The number of aromatic nitrogens is 3. The molecular weight excluding hydrogens is 202 g/mol. The molecule has 4 nitrogen and oxygen atoms in total. The van der Waals surface area contributed by atoms with Crippen LogP contribution in [0.3, 0.4) is 0 Å². The second-order valence-electron chi connectivity index (χ2n) is 3.58. The van der Waals surface area contributed by atoms with Crippen LogP contribution in [0.15, 0.2) is 30.6 Å². The van der Waals surface area contributed by atoms with E-state index in [1.165, 1.54) is 6.92 Å². The summed E-state index contributed by atoms with van der Waals surface area (Å²) < 4.78 is 1.69. The van der Waals surface area contributed by atoms with Crippen molar-refractivity contribution in [1.82, 2.24) is 14.8 Å². The average molecular weight is 215 g/mol. The Morgan fingerprint density at radius 3 is 2.88 bits per heavy atom. The molecule has 2 aromatic heterocycles. The topological polar surface area (TPSA) is 47.8 Å². The number of carbonyl (C=O) groups excluding carboxylic acids is 1. The van der Waals surface area contributed by atoms with Crippen LogP contribution in [0.5, 0.6) is 0 Å². The standard InChI is InChI=1S/C12H13N3O/c1-3-10-7-13-15(8-10)12-6-4-5-11(14-12)9(2)16/h4-8H,3H2,1-2H3. The first-order chi connectivity index (χ1) is 7.70. The van der Waals surface area contributed by atoms with Crippen molar-refractivity contribution in [2.75, 3.05) is 0 Å². The van der Waals surface area contributed by atoms with E-state index in [-0.39, 0.29) is 5.78 Å². The normalized spacial score (nSPS) is 10.4. The number of aryl methyl sites for hydroxylation is 1. The molecule has 0 bridgehead atoms. The fourth-order valence-corrected chi connectivity index (χ4v) is 1.41. The number of nitrogens with zero attached hydrogens (tertiary/aromatic N) is 3. The summed E-state index contributed by atoms with van der Waals surface area (Å²) >= 11 is 0. The first kappa shape index (κ1) is 10.5. The van der Waals surface area contributed by atoms with Gasteiger partial charge in [0.15, 0.2) is 11.6 Å². The molecule has 2 heterocycles. The third kappa shape index (κ3) is 2.00. The van der Waals surface area contributed by atoms with E-state index >= 15 is 0 Å². The number of ketones is 1. The minimum atomic E-state index is -0.0373. The predicted molar refractivity (Wildman–Crippen MR) is 60.7 cm³/mol. The Morgan fingerprint density at radius 2 is 2.25 bits per heavy atom. The molecule has 0 aromatic carbocycles. The lowest BCUT2D eigenvalue weighted by molar-refractivity contribution is 0.101. The third-order valence-corrected chi connectivity index (χ3v) is 2.37. The zero-order chi connectivity index (χ0) is 11.5. The molecule has 0 aliphatic carbocycles. The fraction of sp³-hybridized carbons (Fsp3) is 0.250. The third-order valence-electron chi connectivity index (χ3n) is 2.37. The summed E-state index contributed by atoms with van der Waals surface area (Å²) in [6.07, 6.45) is 4.67. The summed E-state index contributed by atoms with van der Waals surface area (Å²) in [5.74, 6) is 0.636. The molecular formula is C12H13N3O. The molecule has 4 heteroatoms. The number of Topliss-reactive ketones (excluding diaryl/α,β-unsaturated/α-hetero) is 1. The SMILES string of the molecule is CCc1cnn(-c2cccc(C(C)=O)n2)c1. The molecule has 0 amide bonds. The van der Waals surface area contributed by atoms with Gasteiger partial charge in [0.2, 0.25) is 0 Å². The second-order valence-corrected chi connectivity index (χ2v) is 3.58. The summed E-state index contributed by atoms with van der Waals surface area (Å²) in [6.45, 7) is 3.58. The lowest BCUT2D eigenvalue weighted by atomic mass is 10.3. The molecule has 0 fully saturated rings. The van der Waals surface area contributed by atoms with E-state index in [4.69, 9.17) is 0 Å². The zero-order valence-corrected chi connectivity index (χ0v) is 9.34. The Hall–Kier alpha value is -1.97. The molecule has 2 aromatic rings. The quantitative estimate of drug-likeness (QED) is 0.736. The largest absolute Gasteiger partial charge is 0.293 e.